The van der Waals surface area contributed by atoms with Gasteiger partial charge in [0.2, 0.25) is 5.91 Å². The van der Waals surface area contributed by atoms with E-state index in [0.29, 0.717) is 12.1 Å². The first-order valence-corrected chi connectivity index (χ1v) is 13.4. The van der Waals surface area contributed by atoms with Crippen molar-refractivity contribution in [2.45, 2.75) is 72.6 Å². The van der Waals surface area contributed by atoms with Gasteiger partial charge in [0.05, 0.1) is 0 Å². The molecule has 7 nitrogen and oxygen atoms in total. The van der Waals surface area contributed by atoms with Crippen LogP contribution in [0.5, 0.6) is 0 Å². The van der Waals surface area contributed by atoms with Gasteiger partial charge in [0.15, 0.2) is 0 Å². The molecular formula is C32H41N3O4. The summed E-state index contributed by atoms with van der Waals surface area (Å²) in [6, 6.07) is 17.7. The third-order valence-electron chi connectivity index (χ3n) is 6.42. The fourth-order valence-corrected chi connectivity index (χ4v) is 4.65. The van der Waals surface area contributed by atoms with Gasteiger partial charge in [-0.3, -0.25) is 9.59 Å². The normalized spacial score (nSPS) is 13.1. The van der Waals surface area contributed by atoms with Crippen LogP contribution in [0.25, 0.3) is 10.8 Å². The van der Waals surface area contributed by atoms with Crippen molar-refractivity contribution in [1.29, 1.82) is 0 Å². The summed E-state index contributed by atoms with van der Waals surface area (Å²) in [5.41, 5.74) is 2.61. The summed E-state index contributed by atoms with van der Waals surface area (Å²) < 4.78 is 5.42. The van der Waals surface area contributed by atoms with Gasteiger partial charge in [0.1, 0.15) is 17.7 Å². The first-order valence-electron chi connectivity index (χ1n) is 13.4. The van der Waals surface area contributed by atoms with Crippen molar-refractivity contribution in [2.75, 3.05) is 12.4 Å². The van der Waals surface area contributed by atoms with Crippen LogP contribution in [-0.4, -0.2) is 41.5 Å². The third kappa shape index (κ3) is 8.06. The average molecular weight is 532 g/mol. The molecule has 3 amide bonds. The van der Waals surface area contributed by atoms with Crippen LogP contribution in [-0.2, 0) is 14.3 Å². The summed E-state index contributed by atoms with van der Waals surface area (Å²) in [4.78, 5) is 41.8. The van der Waals surface area contributed by atoms with Gasteiger partial charge >= 0.3 is 6.09 Å². The predicted octanol–water partition coefficient (Wildman–Crippen LogP) is 6.53. The van der Waals surface area contributed by atoms with Gasteiger partial charge in [-0.25, -0.2) is 4.79 Å². The van der Waals surface area contributed by atoms with Crippen molar-refractivity contribution in [2.24, 2.45) is 5.92 Å². The van der Waals surface area contributed by atoms with Crippen molar-refractivity contribution in [3.05, 3.63) is 77.4 Å². The number of rotatable bonds is 8. The standard InChI is InChI=1S/C32H41N3O4/c1-20(2)17-27(34-31(38)39-32(5,6)7)30(37)35(8)28(26-16-13-21(3)18-22(26)4)29(36)33-25-15-14-23-11-9-10-12-24(23)19-25/h9-16,18-20,27-28H,17H2,1-8H3,(H,33,36)(H,34,38). The number of carbonyl (C=O) groups is 3. The molecule has 39 heavy (non-hydrogen) atoms. The Bertz CT molecular complexity index is 1340. The Kier molecular flexibility index (Phi) is 9.38. The van der Waals surface area contributed by atoms with Crippen molar-refractivity contribution in [3.8, 4) is 0 Å². The van der Waals surface area contributed by atoms with E-state index in [1.807, 2.05) is 88.4 Å². The summed E-state index contributed by atoms with van der Waals surface area (Å²) in [6.07, 6.45) is -0.271. The lowest BCUT2D eigenvalue weighted by atomic mass is 9.96. The van der Waals surface area contributed by atoms with Crippen LogP contribution in [0.4, 0.5) is 10.5 Å². The highest BCUT2D eigenvalue weighted by molar-refractivity contribution is 6.00. The van der Waals surface area contributed by atoms with E-state index in [0.717, 1.165) is 27.5 Å². The Labute approximate surface area is 231 Å². The number of carbonyl (C=O) groups excluding carboxylic acids is 3. The van der Waals surface area contributed by atoms with Crippen molar-refractivity contribution in [3.63, 3.8) is 0 Å². The van der Waals surface area contributed by atoms with Crippen LogP contribution >= 0.6 is 0 Å². The minimum Gasteiger partial charge on any atom is -0.444 e. The topological polar surface area (TPSA) is 87.7 Å². The quantitative estimate of drug-likeness (QED) is 0.346. The van der Waals surface area contributed by atoms with Crippen molar-refractivity contribution in [1.82, 2.24) is 10.2 Å². The largest absolute Gasteiger partial charge is 0.444 e. The molecule has 3 rings (SSSR count). The van der Waals surface area contributed by atoms with Crippen LogP contribution < -0.4 is 10.6 Å². The van der Waals surface area contributed by atoms with Crippen LogP contribution in [0.3, 0.4) is 0 Å². The molecule has 2 atom stereocenters. The summed E-state index contributed by atoms with van der Waals surface area (Å²) in [7, 11) is 1.61. The second-order valence-electron chi connectivity index (χ2n) is 11.6. The number of hydrogen-bond donors (Lipinski definition) is 2. The van der Waals surface area contributed by atoms with Crippen LogP contribution in [0.15, 0.2) is 60.7 Å². The van der Waals surface area contributed by atoms with E-state index in [4.69, 9.17) is 4.74 Å². The Balaban J connectivity index is 1.95. The van der Waals surface area contributed by atoms with E-state index >= 15 is 0 Å². The van der Waals surface area contributed by atoms with E-state index in [2.05, 4.69) is 10.6 Å². The molecule has 7 heteroatoms. The smallest absolute Gasteiger partial charge is 0.408 e. The number of aryl methyl sites for hydroxylation is 2. The number of ether oxygens (including phenoxy) is 1. The lowest BCUT2D eigenvalue weighted by molar-refractivity contribution is -0.139. The first kappa shape index (κ1) is 29.7. The molecule has 0 aliphatic heterocycles. The van der Waals surface area contributed by atoms with E-state index in [1.165, 1.54) is 4.90 Å². The molecule has 0 fully saturated rings. The van der Waals surface area contributed by atoms with Crippen molar-refractivity contribution < 1.29 is 19.1 Å². The summed E-state index contributed by atoms with van der Waals surface area (Å²) in [5.74, 6) is -0.588. The zero-order valence-electron chi connectivity index (χ0n) is 24.3. The van der Waals surface area contributed by atoms with Gasteiger partial charge in [-0.2, -0.15) is 0 Å². The number of hydrogen-bond acceptors (Lipinski definition) is 4. The molecule has 0 aliphatic carbocycles. The lowest BCUT2D eigenvalue weighted by Gasteiger charge is -2.33. The van der Waals surface area contributed by atoms with E-state index in [9.17, 15) is 14.4 Å². The number of benzene rings is 3. The lowest BCUT2D eigenvalue weighted by Crippen LogP contribution is -2.51. The van der Waals surface area contributed by atoms with Gasteiger partial charge in [0, 0.05) is 12.7 Å². The highest BCUT2D eigenvalue weighted by atomic mass is 16.6. The molecular weight excluding hydrogens is 490 g/mol. The van der Waals surface area contributed by atoms with Gasteiger partial charge in [-0.15, -0.1) is 0 Å². The number of anilines is 1. The zero-order chi connectivity index (χ0) is 28.9. The number of alkyl carbamates (subject to hydrolysis) is 1. The molecule has 2 N–H and O–H groups in total. The maximum atomic E-state index is 13.9. The molecule has 0 spiro atoms. The monoisotopic (exact) mass is 531 g/mol. The maximum absolute atomic E-state index is 13.9. The number of likely N-dealkylation sites (N-methyl/N-ethyl adjacent to an activating group) is 1. The number of fused-ring (bicyclic) bond motifs is 1. The van der Waals surface area contributed by atoms with Gasteiger partial charge in [-0.05, 0) is 81.0 Å². The fourth-order valence-electron chi connectivity index (χ4n) is 4.65. The van der Waals surface area contributed by atoms with Crippen molar-refractivity contribution >= 4 is 34.4 Å². The Morgan fingerprint density at radius 1 is 0.923 bits per heavy atom. The summed E-state index contributed by atoms with van der Waals surface area (Å²) in [6.45, 7) is 13.2. The second-order valence-corrected chi connectivity index (χ2v) is 11.6. The number of amides is 3. The molecule has 2 unspecified atom stereocenters. The molecule has 0 bridgehead atoms. The molecule has 3 aromatic carbocycles. The zero-order valence-corrected chi connectivity index (χ0v) is 24.3. The maximum Gasteiger partial charge on any atom is 0.408 e. The Hall–Kier alpha value is -3.87. The highest BCUT2D eigenvalue weighted by Gasteiger charge is 2.35. The molecule has 208 valence electrons. The van der Waals surface area contributed by atoms with Gasteiger partial charge in [0.25, 0.3) is 5.91 Å². The fraction of sp³-hybridized carbons (Fsp3) is 0.406. The van der Waals surface area contributed by atoms with E-state index in [-0.39, 0.29) is 17.7 Å². The molecule has 0 aromatic heterocycles. The Morgan fingerprint density at radius 3 is 2.21 bits per heavy atom. The van der Waals surface area contributed by atoms with E-state index < -0.39 is 23.8 Å². The Morgan fingerprint density at radius 2 is 1.59 bits per heavy atom. The van der Waals surface area contributed by atoms with E-state index in [1.54, 1.807) is 27.8 Å². The third-order valence-corrected chi connectivity index (χ3v) is 6.42. The minimum absolute atomic E-state index is 0.119. The highest BCUT2D eigenvalue weighted by Crippen LogP contribution is 2.28. The van der Waals surface area contributed by atoms with Gasteiger partial charge in [-0.1, -0.05) is 67.9 Å². The first-order chi connectivity index (χ1) is 18.2. The minimum atomic E-state index is -0.917. The number of nitrogens with zero attached hydrogens (tertiary/aromatic N) is 1. The SMILES string of the molecule is Cc1ccc(C(C(=O)Nc2ccc3ccccc3c2)N(C)C(=O)C(CC(C)C)NC(=O)OC(C)(C)C)c(C)c1. The average Bonchev–Trinajstić information content (AvgIpc) is 2.83. The van der Waals surface area contributed by atoms with Crippen LogP contribution in [0, 0.1) is 19.8 Å². The summed E-state index contributed by atoms with van der Waals surface area (Å²) in [5, 5.41) is 7.83. The summed E-state index contributed by atoms with van der Waals surface area (Å²) >= 11 is 0. The molecule has 0 saturated heterocycles. The molecule has 3 aromatic rings. The van der Waals surface area contributed by atoms with Gasteiger partial charge < -0.3 is 20.3 Å². The van der Waals surface area contributed by atoms with Crippen LogP contribution in [0.2, 0.25) is 0 Å². The predicted molar refractivity (Wildman–Crippen MR) is 157 cm³/mol. The second kappa shape index (κ2) is 12.3. The van der Waals surface area contributed by atoms with Crippen LogP contribution in [0.1, 0.15) is 63.8 Å². The molecule has 0 saturated carbocycles. The molecule has 0 radical (unpaired) electrons. The number of nitrogens with one attached hydrogen (secondary N) is 2. The molecule has 0 heterocycles. The molecule has 0 aliphatic rings.